The molecular weight excluding hydrogens is 279 g/mol. The van der Waals surface area contributed by atoms with Crippen LogP contribution in [0.3, 0.4) is 0 Å². The summed E-state index contributed by atoms with van der Waals surface area (Å²) in [7, 11) is 0. The summed E-state index contributed by atoms with van der Waals surface area (Å²) in [6.07, 6.45) is 0. The van der Waals surface area contributed by atoms with Crippen molar-refractivity contribution < 1.29 is 17.9 Å². The van der Waals surface area contributed by atoms with Gasteiger partial charge in [0.05, 0.1) is 0 Å². The summed E-state index contributed by atoms with van der Waals surface area (Å²) in [5.41, 5.74) is 2.44. The summed E-state index contributed by atoms with van der Waals surface area (Å²) >= 11 is 0. The van der Waals surface area contributed by atoms with Gasteiger partial charge in [-0.05, 0) is 36.2 Å². The Morgan fingerprint density at radius 2 is 1.76 bits per heavy atom. The molecule has 2 nitrogen and oxygen atoms in total. The molecule has 112 valence electrons. The standard InChI is InChI=1S/C16H16F3NO/c1-11-6-7-14(17)8-13(11)10-20-9-12-4-2-3-5-15(12)21-16(18)19/h2-8,16,20H,9-10H2,1H3. The van der Waals surface area contributed by atoms with Crippen LogP contribution >= 0.6 is 0 Å². The van der Waals surface area contributed by atoms with Crippen molar-refractivity contribution >= 4 is 0 Å². The van der Waals surface area contributed by atoms with E-state index in [1.54, 1.807) is 24.3 Å². The average molecular weight is 295 g/mol. The molecule has 1 N–H and O–H groups in total. The Hall–Kier alpha value is -2.01. The molecule has 0 fully saturated rings. The van der Waals surface area contributed by atoms with E-state index in [-0.39, 0.29) is 11.6 Å². The molecule has 0 spiro atoms. The van der Waals surface area contributed by atoms with Crippen LogP contribution < -0.4 is 10.1 Å². The first-order valence-corrected chi connectivity index (χ1v) is 6.54. The Kier molecular flexibility index (Phi) is 5.22. The number of ether oxygens (including phenoxy) is 1. The van der Waals surface area contributed by atoms with Crippen LogP contribution in [0.2, 0.25) is 0 Å². The Bertz CT molecular complexity index is 602. The number of hydrogen-bond acceptors (Lipinski definition) is 2. The maximum Gasteiger partial charge on any atom is 0.387 e. The van der Waals surface area contributed by atoms with Gasteiger partial charge in [0, 0.05) is 18.7 Å². The third-order valence-electron chi connectivity index (χ3n) is 3.13. The largest absolute Gasteiger partial charge is 0.434 e. The number of halogens is 3. The van der Waals surface area contributed by atoms with Gasteiger partial charge in [0.25, 0.3) is 0 Å². The molecule has 0 saturated carbocycles. The fraction of sp³-hybridized carbons (Fsp3) is 0.250. The molecule has 0 atom stereocenters. The summed E-state index contributed by atoms with van der Waals surface area (Å²) in [5, 5.41) is 3.11. The zero-order valence-electron chi connectivity index (χ0n) is 11.6. The Morgan fingerprint density at radius 1 is 1.05 bits per heavy atom. The van der Waals surface area contributed by atoms with Crippen molar-refractivity contribution in [3.8, 4) is 5.75 Å². The fourth-order valence-corrected chi connectivity index (χ4v) is 2.02. The van der Waals surface area contributed by atoms with Crippen LogP contribution in [0.5, 0.6) is 5.75 Å². The molecule has 2 aromatic rings. The van der Waals surface area contributed by atoms with Gasteiger partial charge >= 0.3 is 6.61 Å². The van der Waals surface area contributed by atoms with E-state index < -0.39 is 6.61 Å². The van der Waals surface area contributed by atoms with Crippen molar-refractivity contribution in [2.45, 2.75) is 26.6 Å². The normalized spacial score (nSPS) is 10.9. The second kappa shape index (κ2) is 7.13. The van der Waals surface area contributed by atoms with Gasteiger partial charge in [0.15, 0.2) is 0 Å². The number of para-hydroxylation sites is 1. The molecule has 0 heterocycles. The van der Waals surface area contributed by atoms with Crippen molar-refractivity contribution in [2.75, 3.05) is 0 Å². The van der Waals surface area contributed by atoms with Crippen LogP contribution in [0.4, 0.5) is 13.2 Å². The third-order valence-corrected chi connectivity index (χ3v) is 3.13. The average Bonchev–Trinajstić information content (AvgIpc) is 2.44. The molecule has 0 saturated heterocycles. The monoisotopic (exact) mass is 295 g/mol. The Morgan fingerprint density at radius 3 is 2.52 bits per heavy atom. The lowest BCUT2D eigenvalue weighted by Gasteiger charge is -2.12. The summed E-state index contributed by atoms with van der Waals surface area (Å²) in [5.74, 6) is -0.144. The third kappa shape index (κ3) is 4.49. The number of nitrogens with one attached hydrogen (secondary N) is 1. The fourth-order valence-electron chi connectivity index (χ4n) is 2.02. The molecule has 0 amide bonds. The van der Waals surface area contributed by atoms with E-state index >= 15 is 0 Å². The minimum absolute atomic E-state index is 0.149. The van der Waals surface area contributed by atoms with E-state index in [1.807, 2.05) is 6.92 Å². The lowest BCUT2D eigenvalue weighted by Crippen LogP contribution is -2.15. The Labute approximate surface area is 121 Å². The summed E-state index contributed by atoms with van der Waals surface area (Å²) in [4.78, 5) is 0. The van der Waals surface area contributed by atoms with Crippen LogP contribution in [0.1, 0.15) is 16.7 Å². The first-order chi connectivity index (χ1) is 10.1. The molecule has 2 rings (SSSR count). The zero-order chi connectivity index (χ0) is 15.2. The minimum Gasteiger partial charge on any atom is -0.434 e. The van der Waals surface area contributed by atoms with Gasteiger partial charge in [-0.25, -0.2) is 4.39 Å². The maximum absolute atomic E-state index is 13.2. The predicted octanol–water partition coefficient (Wildman–Crippen LogP) is 4.03. The van der Waals surface area contributed by atoms with Gasteiger partial charge in [0.2, 0.25) is 0 Å². The lowest BCUT2D eigenvalue weighted by atomic mass is 10.1. The highest BCUT2D eigenvalue weighted by Crippen LogP contribution is 2.20. The van der Waals surface area contributed by atoms with Crippen LogP contribution in [0, 0.1) is 12.7 Å². The molecule has 0 radical (unpaired) electrons. The quantitative estimate of drug-likeness (QED) is 0.869. The highest BCUT2D eigenvalue weighted by molar-refractivity contribution is 5.33. The summed E-state index contributed by atoms with van der Waals surface area (Å²) in [6.45, 7) is -0.146. The van der Waals surface area contributed by atoms with Crippen LogP contribution in [0.25, 0.3) is 0 Å². The zero-order valence-corrected chi connectivity index (χ0v) is 11.6. The number of benzene rings is 2. The molecule has 0 unspecified atom stereocenters. The summed E-state index contributed by atoms with van der Waals surface area (Å²) < 4.78 is 42.2. The van der Waals surface area contributed by atoms with Crippen LogP contribution in [-0.2, 0) is 13.1 Å². The molecule has 0 aliphatic heterocycles. The predicted molar refractivity (Wildman–Crippen MR) is 74.8 cm³/mol. The molecule has 0 bridgehead atoms. The first-order valence-electron chi connectivity index (χ1n) is 6.54. The van der Waals surface area contributed by atoms with E-state index in [9.17, 15) is 13.2 Å². The van der Waals surface area contributed by atoms with Gasteiger partial charge < -0.3 is 10.1 Å². The van der Waals surface area contributed by atoms with Crippen LogP contribution in [0.15, 0.2) is 42.5 Å². The maximum atomic E-state index is 13.2. The number of hydrogen-bond donors (Lipinski definition) is 1. The van der Waals surface area contributed by atoms with Crippen molar-refractivity contribution in [1.82, 2.24) is 5.32 Å². The lowest BCUT2D eigenvalue weighted by molar-refractivity contribution is -0.0505. The molecule has 2 aromatic carbocycles. The van der Waals surface area contributed by atoms with Crippen molar-refractivity contribution in [2.24, 2.45) is 0 Å². The van der Waals surface area contributed by atoms with E-state index in [0.717, 1.165) is 11.1 Å². The van der Waals surface area contributed by atoms with E-state index in [1.165, 1.54) is 18.2 Å². The second-order valence-corrected chi connectivity index (χ2v) is 4.66. The molecular formula is C16H16F3NO. The Balaban J connectivity index is 1.99. The number of aryl methyl sites for hydroxylation is 1. The topological polar surface area (TPSA) is 21.3 Å². The highest BCUT2D eigenvalue weighted by Gasteiger charge is 2.09. The van der Waals surface area contributed by atoms with Gasteiger partial charge in [-0.3, -0.25) is 0 Å². The molecule has 0 aromatic heterocycles. The minimum atomic E-state index is -2.85. The van der Waals surface area contributed by atoms with Gasteiger partial charge in [-0.2, -0.15) is 8.78 Å². The van der Waals surface area contributed by atoms with Crippen LogP contribution in [-0.4, -0.2) is 6.61 Å². The second-order valence-electron chi connectivity index (χ2n) is 4.66. The molecule has 0 aliphatic rings. The van der Waals surface area contributed by atoms with Crippen molar-refractivity contribution in [3.05, 3.63) is 65.0 Å². The first kappa shape index (κ1) is 15.4. The molecule has 0 aliphatic carbocycles. The number of rotatable bonds is 6. The molecule has 5 heteroatoms. The SMILES string of the molecule is Cc1ccc(F)cc1CNCc1ccccc1OC(F)F. The van der Waals surface area contributed by atoms with Crippen molar-refractivity contribution in [1.29, 1.82) is 0 Å². The van der Waals surface area contributed by atoms with E-state index in [2.05, 4.69) is 10.1 Å². The highest BCUT2D eigenvalue weighted by atomic mass is 19.3. The number of alkyl halides is 2. The van der Waals surface area contributed by atoms with E-state index in [4.69, 9.17) is 0 Å². The van der Waals surface area contributed by atoms with Gasteiger partial charge in [0.1, 0.15) is 11.6 Å². The summed E-state index contributed by atoms with van der Waals surface area (Å²) in [6, 6.07) is 11.2. The van der Waals surface area contributed by atoms with Gasteiger partial charge in [-0.15, -0.1) is 0 Å². The molecule has 21 heavy (non-hydrogen) atoms. The van der Waals surface area contributed by atoms with Gasteiger partial charge in [-0.1, -0.05) is 24.3 Å². The van der Waals surface area contributed by atoms with E-state index in [0.29, 0.717) is 18.7 Å². The van der Waals surface area contributed by atoms with Crippen molar-refractivity contribution in [3.63, 3.8) is 0 Å². The smallest absolute Gasteiger partial charge is 0.387 e.